The van der Waals surface area contributed by atoms with Crippen LogP contribution in [0.25, 0.3) is 0 Å². The van der Waals surface area contributed by atoms with Gasteiger partial charge < -0.3 is 4.74 Å². The Morgan fingerprint density at radius 2 is 2.05 bits per heavy atom. The monoisotopic (exact) mass is 270 g/mol. The molecule has 0 heterocycles. The number of carbonyl (C=O) groups excluding carboxylic acids is 1. The van der Waals surface area contributed by atoms with Crippen molar-refractivity contribution >= 4 is 5.97 Å². The number of rotatable bonds is 4. The third-order valence-electron chi connectivity index (χ3n) is 3.79. The number of allylic oxidation sites excluding steroid dienone is 1. The van der Waals surface area contributed by atoms with Crippen LogP contribution in [0.5, 0.6) is 0 Å². The highest BCUT2D eigenvalue weighted by Crippen LogP contribution is 2.30. The number of benzene rings is 1. The molecule has 0 amide bonds. The van der Waals surface area contributed by atoms with Crippen LogP contribution in [0.2, 0.25) is 0 Å². The highest BCUT2D eigenvalue weighted by Gasteiger charge is 2.27. The fraction of sp³-hybridized carbons (Fsp3) is 0.389. The summed E-state index contributed by atoms with van der Waals surface area (Å²) in [6.45, 7) is 8.13. The van der Waals surface area contributed by atoms with E-state index in [0.717, 1.165) is 24.0 Å². The second-order valence-electron chi connectivity index (χ2n) is 5.62. The molecule has 0 saturated heterocycles. The molecule has 0 bridgehead atoms. The number of ether oxygens (including phenoxy) is 1. The molecule has 2 nitrogen and oxygen atoms in total. The second kappa shape index (κ2) is 6.56. The van der Waals surface area contributed by atoms with Crippen molar-refractivity contribution < 1.29 is 9.53 Å². The Morgan fingerprint density at radius 3 is 2.70 bits per heavy atom. The Bertz CT molecular complexity index is 513. The van der Waals surface area contributed by atoms with Gasteiger partial charge in [0.1, 0.15) is 6.10 Å². The third kappa shape index (κ3) is 3.83. The zero-order chi connectivity index (χ0) is 14.5. The minimum absolute atomic E-state index is 0.155. The average Bonchev–Trinajstić information content (AvgIpc) is 2.39. The standard InChI is InChI=1S/C18H22O2/c1-13(2)16-10-9-14(3)11-17(16)20-18(19)12-15-7-5-4-6-8-15/h4-8,11,16-17H,1,9-10,12H2,2-3H3/t16-,17?/m0/s1. The Balaban J connectivity index is 2.01. The smallest absolute Gasteiger partial charge is 0.310 e. The molecular formula is C18H22O2. The first-order valence-corrected chi connectivity index (χ1v) is 7.12. The van der Waals surface area contributed by atoms with Crippen LogP contribution in [0.15, 0.2) is 54.1 Å². The maximum Gasteiger partial charge on any atom is 0.310 e. The molecule has 1 aromatic rings. The van der Waals surface area contributed by atoms with Crippen LogP contribution in [-0.4, -0.2) is 12.1 Å². The predicted molar refractivity (Wildman–Crippen MR) is 81.3 cm³/mol. The van der Waals surface area contributed by atoms with Crippen LogP contribution < -0.4 is 0 Å². The van der Waals surface area contributed by atoms with Crippen LogP contribution in [0.1, 0.15) is 32.3 Å². The largest absolute Gasteiger partial charge is 0.457 e. The van der Waals surface area contributed by atoms with Crippen molar-refractivity contribution in [2.24, 2.45) is 5.92 Å². The van der Waals surface area contributed by atoms with E-state index in [4.69, 9.17) is 4.74 Å². The summed E-state index contributed by atoms with van der Waals surface area (Å²) in [7, 11) is 0. The molecule has 2 heteroatoms. The van der Waals surface area contributed by atoms with Gasteiger partial charge in [-0.25, -0.2) is 0 Å². The van der Waals surface area contributed by atoms with Crippen molar-refractivity contribution in [2.45, 2.75) is 39.2 Å². The molecule has 2 atom stereocenters. The lowest BCUT2D eigenvalue weighted by Gasteiger charge is -2.29. The minimum atomic E-state index is -0.168. The summed E-state index contributed by atoms with van der Waals surface area (Å²) in [5.74, 6) is 0.0804. The van der Waals surface area contributed by atoms with Crippen molar-refractivity contribution in [2.75, 3.05) is 0 Å². The van der Waals surface area contributed by atoms with E-state index >= 15 is 0 Å². The van der Waals surface area contributed by atoms with Gasteiger partial charge in [0.05, 0.1) is 6.42 Å². The summed E-state index contributed by atoms with van der Waals surface area (Å²) in [5, 5.41) is 0. The lowest BCUT2D eigenvalue weighted by Crippen LogP contribution is -2.29. The fourth-order valence-electron chi connectivity index (χ4n) is 2.63. The quantitative estimate of drug-likeness (QED) is 0.609. The molecule has 0 spiro atoms. The van der Waals surface area contributed by atoms with Crippen molar-refractivity contribution in [3.8, 4) is 0 Å². The lowest BCUT2D eigenvalue weighted by molar-refractivity contribution is -0.148. The molecule has 1 unspecified atom stereocenters. The van der Waals surface area contributed by atoms with Gasteiger partial charge in [-0.3, -0.25) is 4.79 Å². The fourth-order valence-corrected chi connectivity index (χ4v) is 2.63. The van der Waals surface area contributed by atoms with Crippen LogP contribution in [0.4, 0.5) is 0 Å². The molecule has 0 saturated carbocycles. The SMILES string of the molecule is C=C(C)[C@@H]1CCC(C)=CC1OC(=O)Cc1ccccc1. The molecule has 0 N–H and O–H groups in total. The van der Waals surface area contributed by atoms with E-state index in [0.29, 0.717) is 6.42 Å². The van der Waals surface area contributed by atoms with Crippen LogP contribution >= 0.6 is 0 Å². The molecule has 2 rings (SSSR count). The minimum Gasteiger partial charge on any atom is -0.457 e. The zero-order valence-corrected chi connectivity index (χ0v) is 12.3. The highest BCUT2D eigenvalue weighted by molar-refractivity contribution is 5.73. The van der Waals surface area contributed by atoms with Gasteiger partial charge in [0.15, 0.2) is 0 Å². The van der Waals surface area contributed by atoms with Crippen molar-refractivity contribution in [3.05, 3.63) is 59.7 Å². The molecule has 1 aliphatic rings. The van der Waals surface area contributed by atoms with Crippen LogP contribution in [-0.2, 0) is 16.0 Å². The highest BCUT2D eigenvalue weighted by atomic mass is 16.5. The molecule has 1 aromatic carbocycles. The summed E-state index contributed by atoms with van der Waals surface area (Å²) in [6.07, 6.45) is 4.32. The van der Waals surface area contributed by atoms with Gasteiger partial charge >= 0.3 is 5.97 Å². The third-order valence-corrected chi connectivity index (χ3v) is 3.79. The van der Waals surface area contributed by atoms with Gasteiger partial charge in [-0.1, -0.05) is 48.1 Å². The number of carbonyl (C=O) groups is 1. The van der Waals surface area contributed by atoms with E-state index in [-0.39, 0.29) is 18.0 Å². The van der Waals surface area contributed by atoms with Gasteiger partial charge in [0.25, 0.3) is 0 Å². The van der Waals surface area contributed by atoms with Gasteiger partial charge in [-0.05, 0) is 38.3 Å². The van der Waals surface area contributed by atoms with Crippen molar-refractivity contribution in [1.82, 2.24) is 0 Å². The number of esters is 1. The van der Waals surface area contributed by atoms with Gasteiger partial charge in [-0.2, -0.15) is 0 Å². The van der Waals surface area contributed by atoms with Gasteiger partial charge in [0.2, 0.25) is 0 Å². The second-order valence-corrected chi connectivity index (χ2v) is 5.62. The van der Waals surface area contributed by atoms with Gasteiger partial charge in [-0.15, -0.1) is 0 Å². The molecule has 0 radical (unpaired) electrons. The van der Waals surface area contributed by atoms with E-state index in [1.165, 1.54) is 5.57 Å². The number of hydrogen-bond acceptors (Lipinski definition) is 2. The van der Waals surface area contributed by atoms with E-state index in [2.05, 4.69) is 19.6 Å². The van der Waals surface area contributed by atoms with E-state index < -0.39 is 0 Å². The molecule has 0 fully saturated rings. The lowest BCUT2D eigenvalue weighted by atomic mass is 9.83. The summed E-state index contributed by atoms with van der Waals surface area (Å²) in [4.78, 5) is 12.1. The van der Waals surface area contributed by atoms with Crippen molar-refractivity contribution in [3.63, 3.8) is 0 Å². The molecule has 20 heavy (non-hydrogen) atoms. The number of hydrogen-bond donors (Lipinski definition) is 0. The first-order chi connectivity index (χ1) is 9.56. The van der Waals surface area contributed by atoms with E-state index in [1.54, 1.807) is 0 Å². The Labute approximate surface area is 121 Å². The Hall–Kier alpha value is -1.83. The van der Waals surface area contributed by atoms with E-state index in [9.17, 15) is 4.79 Å². The molecule has 0 aliphatic heterocycles. The van der Waals surface area contributed by atoms with Crippen LogP contribution in [0, 0.1) is 5.92 Å². The summed E-state index contributed by atoms with van der Waals surface area (Å²) in [5.41, 5.74) is 3.37. The molecule has 106 valence electrons. The zero-order valence-electron chi connectivity index (χ0n) is 12.3. The average molecular weight is 270 g/mol. The van der Waals surface area contributed by atoms with E-state index in [1.807, 2.05) is 37.3 Å². The summed E-state index contributed by atoms with van der Waals surface area (Å²) >= 11 is 0. The molecular weight excluding hydrogens is 248 g/mol. The Kier molecular flexibility index (Phi) is 4.78. The molecule has 0 aromatic heterocycles. The summed E-state index contributed by atoms with van der Waals surface area (Å²) in [6, 6.07) is 9.70. The topological polar surface area (TPSA) is 26.3 Å². The first kappa shape index (κ1) is 14.6. The van der Waals surface area contributed by atoms with Gasteiger partial charge in [0, 0.05) is 5.92 Å². The first-order valence-electron chi connectivity index (χ1n) is 7.12. The summed E-state index contributed by atoms with van der Waals surface area (Å²) < 4.78 is 5.66. The Morgan fingerprint density at radius 1 is 1.35 bits per heavy atom. The van der Waals surface area contributed by atoms with Crippen molar-refractivity contribution in [1.29, 1.82) is 0 Å². The normalized spacial score (nSPS) is 22.0. The maximum atomic E-state index is 12.1. The maximum absolute atomic E-state index is 12.1. The van der Waals surface area contributed by atoms with Crippen LogP contribution in [0.3, 0.4) is 0 Å². The molecule has 1 aliphatic carbocycles. The predicted octanol–water partition coefficient (Wildman–Crippen LogP) is 4.07.